The fourth-order valence-electron chi connectivity index (χ4n) is 2.78. The molecular formula is C17H19N2+. The van der Waals surface area contributed by atoms with E-state index in [-0.39, 0.29) is 0 Å². The van der Waals surface area contributed by atoms with Gasteiger partial charge >= 0.3 is 0 Å². The maximum atomic E-state index is 6.22. The van der Waals surface area contributed by atoms with Crippen LogP contribution in [0.3, 0.4) is 0 Å². The van der Waals surface area contributed by atoms with E-state index >= 15 is 0 Å². The standard InChI is InChI=1S/C17H18N2/c1-13-7-9-15(10-8-13)19-16(11-12-17(19)18)14-5-3-2-4-6-14/h2-10,16,18H,11-12H2,1H3/p+1. The van der Waals surface area contributed by atoms with Gasteiger partial charge < -0.3 is 0 Å². The van der Waals surface area contributed by atoms with Gasteiger partial charge in [-0.15, -0.1) is 0 Å². The Labute approximate surface area is 114 Å². The molecule has 2 heteroatoms. The molecule has 96 valence electrons. The van der Waals surface area contributed by atoms with Crippen molar-refractivity contribution in [2.24, 2.45) is 5.73 Å². The Morgan fingerprint density at radius 3 is 2.37 bits per heavy atom. The molecule has 2 aromatic rings. The van der Waals surface area contributed by atoms with Gasteiger partial charge in [0.1, 0.15) is 11.7 Å². The second-order valence-electron chi connectivity index (χ2n) is 5.16. The van der Waals surface area contributed by atoms with Crippen LogP contribution in [-0.4, -0.2) is 10.4 Å². The van der Waals surface area contributed by atoms with Gasteiger partial charge in [0.2, 0.25) is 5.84 Å². The van der Waals surface area contributed by atoms with Crippen LogP contribution in [0.4, 0.5) is 5.69 Å². The number of aryl methyl sites for hydroxylation is 1. The molecule has 0 spiro atoms. The predicted molar refractivity (Wildman–Crippen MR) is 78.7 cm³/mol. The second-order valence-corrected chi connectivity index (χ2v) is 5.16. The molecule has 0 radical (unpaired) electrons. The highest BCUT2D eigenvalue weighted by atomic mass is 15.1. The topological polar surface area (TPSA) is 29.0 Å². The molecule has 0 aliphatic carbocycles. The number of rotatable bonds is 2. The lowest BCUT2D eigenvalue weighted by Gasteiger charge is -2.14. The normalized spacial score (nSPS) is 18.9. The zero-order chi connectivity index (χ0) is 13.2. The second kappa shape index (κ2) is 4.88. The maximum absolute atomic E-state index is 6.22. The van der Waals surface area contributed by atoms with E-state index < -0.39 is 0 Å². The van der Waals surface area contributed by atoms with Gasteiger partial charge in [-0.05, 0) is 24.6 Å². The van der Waals surface area contributed by atoms with Gasteiger partial charge in [0, 0.05) is 6.42 Å². The predicted octanol–water partition coefficient (Wildman–Crippen LogP) is 3.53. The van der Waals surface area contributed by atoms with Crippen molar-refractivity contribution in [3.63, 3.8) is 0 Å². The summed E-state index contributed by atoms with van der Waals surface area (Å²) in [5.41, 5.74) is 10.0. The van der Waals surface area contributed by atoms with Crippen molar-refractivity contribution in [1.82, 2.24) is 0 Å². The molecule has 1 aliphatic rings. The number of hydrogen-bond donors (Lipinski definition) is 1. The van der Waals surface area contributed by atoms with Crippen LogP contribution in [0, 0.1) is 6.92 Å². The van der Waals surface area contributed by atoms with Crippen molar-refractivity contribution >= 4 is 11.5 Å². The van der Waals surface area contributed by atoms with Crippen molar-refractivity contribution in [2.45, 2.75) is 25.8 Å². The van der Waals surface area contributed by atoms with Crippen LogP contribution in [0.5, 0.6) is 0 Å². The molecule has 1 aliphatic heterocycles. The molecule has 0 amide bonds. The van der Waals surface area contributed by atoms with Crippen LogP contribution in [0.15, 0.2) is 54.6 Å². The lowest BCUT2D eigenvalue weighted by molar-refractivity contribution is -0.483. The molecule has 0 bridgehead atoms. The van der Waals surface area contributed by atoms with E-state index in [0.29, 0.717) is 6.04 Å². The van der Waals surface area contributed by atoms with Gasteiger partial charge in [0.15, 0.2) is 0 Å². The summed E-state index contributed by atoms with van der Waals surface area (Å²) in [6.45, 7) is 2.11. The molecule has 3 rings (SSSR count). The molecule has 1 unspecified atom stereocenters. The van der Waals surface area contributed by atoms with E-state index in [0.717, 1.165) is 18.7 Å². The van der Waals surface area contributed by atoms with Crippen molar-refractivity contribution in [3.8, 4) is 0 Å². The third-order valence-electron chi connectivity index (χ3n) is 3.79. The average molecular weight is 251 g/mol. The molecule has 0 aromatic heterocycles. The fourth-order valence-corrected chi connectivity index (χ4v) is 2.78. The minimum Gasteiger partial charge on any atom is -0.291 e. The molecular weight excluding hydrogens is 232 g/mol. The average Bonchev–Trinajstić information content (AvgIpc) is 2.83. The van der Waals surface area contributed by atoms with E-state index in [9.17, 15) is 0 Å². The van der Waals surface area contributed by atoms with Crippen LogP contribution in [0.2, 0.25) is 0 Å². The summed E-state index contributed by atoms with van der Waals surface area (Å²) in [7, 11) is 0. The van der Waals surface area contributed by atoms with E-state index in [2.05, 4.69) is 66.1 Å². The monoisotopic (exact) mass is 251 g/mol. The molecule has 19 heavy (non-hydrogen) atoms. The Bertz CT molecular complexity index is 597. The first-order valence-corrected chi connectivity index (χ1v) is 6.78. The third kappa shape index (κ3) is 2.26. The van der Waals surface area contributed by atoms with E-state index in [1.807, 2.05) is 0 Å². The maximum Gasteiger partial charge on any atom is 0.248 e. The first-order chi connectivity index (χ1) is 9.25. The Hall–Kier alpha value is -2.09. The van der Waals surface area contributed by atoms with Crippen molar-refractivity contribution in [2.75, 3.05) is 0 Å². The van der Waals surface area contributed by atoms with Gasteiger partial charge in [0.25, 0.3) is 0 Å². The van der Waals surface area contributed by atoms with Gasteiger partial charge in [-0.1, -0.05) is 48.0 Å². The number of nitrogens with two attached hydrogens (primary N) is 1. The summed E-state index contributed by atoms with van der Waals surface area (Å²) in [5.74, 6) is 0.970. The Balaban J connectivity index is 2.02. The van der Waals surface area contributed by atoms with Gasteiger partial charge in [-0.25, -0.2) is 4.58 Å². The first-order valence-electron chi connectivity index (χ1n) is 6.78. The molecule has 1 heterocycles. The number of hydrogen-bond acceptors (Lipinski definition) is 1. The van der Waals surface area contributed by atoms with Crippen LogP contribution >= 0.6 is 0 Å². The zero-order valence-electron chi connectivity index (χ0n) is 11.2. The van der Waals surface area contributed by atoms with E-state index in [1.165, 1.54) is 16.8 Å². The first kappa shape index (κ1) is 12.0. The summed E-state index contributed by atoms with van der Waals surface area (Å²) in [6.07, 6.45) is 2.05. The largest absolute Gasteiger partial charge is 0.291 e. The smallest absolute Gasteiger partial charge is 0.248 e. The molecule has 2 N–H and O–H groups in total. The number of nitrogens with zero attached hydrogens (tertiary/aromatic N) is 1. The highest BCUT2D eigenvalue weighted by Crippen LogP contribution is 2.33. The summed E-state index contributed by atoms with van der Waals surface area (Å²) in [6, 6.07) is 19.6. The summed E-state index contributed by atoms with van der Waals surface area (Å²) in [4.78, 5) is 0. The summed E-state index contributed by atoms with van der Waals surface area (Å²) < 4.78 is 2.27. The van der Waals surface area contributed by atoms with Crippen molar-refractivity contribution < 1.29 is 4.58 Å². The zero-order valence-corrected chi connectivity index (χ0v) is 11.2. The molecule has 1 atom stereocenters. The Morgan fingerprint density at radius 2 is 1.68 bits per heavy atom. The third-order valence-corrected chi connectivity index (χ3v) is 3.79. The molecule has 0 saturated carbocycles. The molecule has 0 fully saturated rings. The van der Waals surface area contributed by atoms with Crippen LogP contribution in [-0.2, 0) is 0 Å². The van der Waals surface area contributed by atoms with E-state index in [1.54, 1.807) is 0 Å². The SMILES string of the molecule is Cc1ccc([N+]2=C(N)CCC2c2ccccc2)cc1. The van der Waals surface area contributed by atoms with Gasteiger partial charge in [0.05, 0.1) is 6.42 Å². The van der Waals surface area contributed by atoms with Crippen molar-refractivity contribution in [3.05, 3.63) is 65.7 Å². The minimum atomic E-state index is 0.365. The number of benzene rings is 2. The van der Waals surface area contributed by atoms with Crippen molar-refractivity contribution in [1.29, 1.82) is 0 Å². The quantitative estimate of drug-likeness (QED) is 0.813. The van der Waals surface area contributed by atoms with Gasteiger partial charge in [-0.2, -0.15) is 0 Å². The van der Waals surface area contributed by atoms with Gasteiger partial charge in [-0.3, -0.25) is 5.73 Å². The van der Waals surface area contributed by atoms with E-state index in [4.69, 9.17) is 5.73 Å². The Morgan fingerprint density at radius 1 is 1.00 bits per heavy atom. The lowest BCUT2D eigenvalue weighted by Crippen LogP contribution is -2.20. The lowest BCUT2D eigenvalue weighted by atomic mass is 10.0. The number of amidine groups is 1. The summed E-state index contributed by atoms with van der Waals surface area (Å²) in [5, 5.41) is 0. The molecule has 0 saturated heterocycles. The van der Waals surface area contributed by atoms with Crippen LogP contribution in [0.1, 0.15) is 30.0 Å². The fraction of sp³-hybridized carbons (Fsp3) is 0.235. The Kier molecular flexibility index (Phi) is 3.08. The van der Waals surface area contributed by atoms with Crippen LogP contribution < -0.4 is 5.73 Å². The highest BCUT2D eigenvalue weighted by Gasteiger charge is 2.30. The summed E-state index contributed by atoms with van der Waals surface area (Å²) >= 11 is 0. The van der Waals surface area contributed by atoms with Crippen LogP contribution in [0.25, 0.3) is 0 Å². The minimum absolute atomic E-state index is 0.365. The molecule has 2 nitrogen and oxygen atoms in total. The molecule has 2 aromatic carbocycles. The highest BCUT2D eigenvalue weighted by molar-refractivity contribution is 5.78.